The summed E-state index contributed by atoms with van der Waals surface area (Å²) in [6.45, 7) is 2.24. The number of rotatable bonds is 14. The van der Waals surface area contributed by atoms with Gasteiger partial charge in [-0.2, -0.15) is 0 Å². The first-order chi connectivity index (χ1) is 13.2. The number of aromatic hydroxyl groups is 1. The molecule has 0 aliphatic rings. The third-order valence-corrected chi connectivity index (χ3v) is 4.44. The van der Waals surface area contributed by atoms with Crippen LogP contribution in [0.25, 0.3) is 0 Å². The number of allylic oxidation sites excluding steroid dienone is 6. The summed E-state index contributed by atoms with van der Waals surface area (Å²) in [5, 5.41) is 18.9. The van der Waals surface area contributed by atoms with Crippen LogP contribution in [-0.4, -0.2) is 16.2 Å². The molecule has 0 atom stereocenters. The van der Waals surface area contributed by atoms with Crippen molar-refractivity contribution >= 4 is 5.97 Å². The first-order valence-corrected chi connectivity index (χ1v) is 10.2. The lowest BCUT2D eigenvalue weighted by molar-refractivity contribution is 0.0692. The summed E-state index contributed by atoms with van der Waals surface area (Å²) in [5.41, 5.74) is 0.686. The fourth-order valence-electron chi connectivity index (χ4n) is 2.92. The second-order valence-electron chi connectivity index (χ2n) is 6.74. The highest BCUT2D eigenvalue weighted by atomic mass is 16.4. The average molecular weight is 371 g/mol. The molecule has 1 aromatic rings. The van der Waals surface area contributed by atoms with Crippen LogP contribution in [0.4, 0.5) is 0 Å². The van der Waals surface area contributed by atoms with Crippen molar-refractivity contribution in [1.82, 2.24) is 0 Å². The van der Waals surface area contributed by atoms with Crippen LogP contribution in [0.1, 0.15) is 80.6 Å². The standard InChI is InChI=1S/C24H34O3/c1-2-3-4-5-6-7-8-9-10-11-12-13-14-15-16-18-21-19-17-20-22(25)23(21)24(26)27/h8-9,11-12,14-15,17,19-20,25H,2-7,10,13,16,18H2,1H3,(H,26,27). The summed E-state index contributed by atoms with van der Waals surface area (Å²) in [6, 6.07) is 4.85. The highest BCUT2D eigenvalue weighted by molar-refractivity contribution is 5.92. The molecule has 0 aromatic heterocycles. The Morgan fingerprint density at radius 1 is 0.889 bits per heavy atom. The summed E-state index contributed by atoms with van der Waals surface area (Å²) in [6.07, 6.45) is 24.1. The molecular weight excluding hydrogens is 336 g/mol. The molecule has 2 N–H and O–H groups in total. The molecule has 0 saturated carbocycles. The zero-order valence-electron chi connectivity index (χ0n) is 16.6. The summed E-state index contributed by atoms with van der Waals surface area (Å²) in [5.74, 6) is -1.25. The van der Waals surface area contributed by atoms with Gasteiger partial charge in [-0.1, -0.05) is 81.2 Å². The molecule has 3 heteroatoms. The molecule has 148 valence electrons. The smallest absolute Gasteiger partial charge is 0.339 e. The van der Waals surface area contributed by atoms with Gasteiger partial charge in [-0.25, -0.2) is 4.79 Å². The van der Waals surface area contributed by atoms with Gasteiger partial charge in [0.2, 0.25) is 0 Å². The van der Waals surface area contributed by atoms with Gasteiger partial charge in [-0.3, -0.25) is 0 Å². The quantitative estimate of drug-likeness (QED) is 0.279. The van der Waals surface area contributed by atoms with Crippen molar-refractivity contribution in [2.45, 2.75) is 71.1 Å². The number of carboxylic acid groups (broad SMARTS) is 1. The maximum atomic E-state index is 11.2. The molecule has 0 aliphatic heterocycles. The van der Waals surface area contributed by atoms with Gasteiger partial charge in [0.25, 0.3) is 0 Å². The van der Waals surface area contributed by atoms with Crippen molar-refractivity contribution in [3.8, 4) is 5.75 Å². The monoisotopic (exact) mass is 370 g/mol. The summed E-state index contributed by atoms with van der Waals surface area (Å²) >= 11 is 0. The largest absolute Gasteiger partial charge is 0.507 e. The van der Waals surface area contributed by atoms with Gasteiger partial charge < -0.3 is 10.2 Å². The van der Waals surface area contributed by atoms with E-state index in [4.69, 9.17) is 0 Å². The number of benzene rings is 1. The van der Waals surface area contributed by atoms with E-state index in [1.54, 1.807) is 12.1 Å². The lowest BCUT2D eigenvalue weighted by atomic mass is 10.0. The molecule has 3 nitrogen and oxygen atoms in total. The fourth-order valence-corrected chi connectivity index (χ4v) is 2.92. The number of unbranched alkanes of at least 4 members (excludes halogenated alkanes) is 5. The third kappa shape index (κ3) is 10.4. The maximum Gasteiger partial charge on any atom is 0.339 e. The molecule has 0 unspecified atom stereocenters. The molecule has 0 spiro atoms. The van der Waals surface area contributed by atoms with Crippen LogP contribution < -0.4 is 0 Å². The molecule has 0 bridgehead atoms. The molecule has 1 aromatic carbocycles. The average Bonchev–Trinajstić information content (AvgIpc) is 2.64. The minimum atomic E-state index is -1.08. The number of carbonyl (C=O) groups is 1. The summed E-state index contributed by atoms with van der Waals surface area (Å²) in [7, 11) is 0. The number of hydrogen-bond donors (Lipinski definition) is 2. The lowest BCUT2D eigenvalue weighted by Gasteiger charge is -2.06. The Kier molecular flexibility index (Phi) is 12.5. The lowest BCUT2D eigenvalue weighted by Crippen LogP contribution is -2.02. The topological polar surface area (TPSA) is 57.5 Å². The van der Waals surface area contributed by atoms with Crippen molar-refractivity contribution in [1.29, 1.82) is 0 Å². The van der Waals surface area contributed by atoms with E-state index in [-0.39, 0.29) is 11.3 Å². The predicted octanol–water partition coefficient (Wildman–Crippen LogP) is 6.83. The van der Waals surface area contributed by atoms with Gasteiger partial charge in [-0.05, 0) is 50.2 Å². The Bertz CT molecular complexity index is 627. The van der Waals surface area contributed by atoms with Crippen LogP contribution in [0, 0.1) is 0 Å². The van der Waals surface area contributed by atoms with Gasteiger partial charge in [0.05, 0.1) is 0 Å². The second-order valence-corrected chi connectivity index (χ2v) is 6.74. The van der Waals surface area contributed by atoms with E-state index in [2.05, 4.69) is 43.4 Å². The third-order valence-electron chi connectivity index (χ3n) is 4.44. The van der Waals surface area contributed by atoms with Crippen molar-refractivity contribution in [2.24, 2.45) is 0 Å². The molecule has 27 heavy (non-hydrogen) atoms. The predicted molar refractivity (Wildman–Crippen MR) is 113 cm³/mol. The first kappa shape index (κ1) is 22.8. The van der Waals surface area contributed by atoms with Crippen LogP contribution in [0.5, 0.6) is 5.75 Å². The molecule has 0 fully saturated rings. The minimum absolute atomic E-state index is 0.0166. The highest BCUT2D eigenvalue weighted by Crippen LogP contribution is 2.22. The van der Waals surface area contributed by atoms with E-state index in [1.807, 2.05) is 0 Å². The zero-order valence-corrected chi connectivity index (χ0v) is 16.6. The van der Waals surface area contributed by atoms with Gasteiger partial charge in [0, 0.05) is 0 Å². The Morgan fingerprint density at radius 2 is 1.52 bits per heavy atom. The molecule has 1 rings (SSSR count). The van der Waals surface area contributed by atoms with Gasteiger partial charge in [0.15, 0.2) is 0 Å². The van der Waals surface area contributed by atoms with Gasteiger partial charge in [0.1, 0.15) is 11.3 Å². The van der Waals surface area contributed by atoms with Crippen molar-refractivity contribution < 1.29 is 15.0 Å². The molecule has 0 amide bonds. The highest BCUT2D eigenvalue weighted by Gasteiger charge is 2.13. The van der Waals surface area contributed by atoms with Crippen molar-refractivity contribution in [2.75, 3.05) is 0 Å². The van der Waals surface area contributed by atoms with Crippen molar-refractivity contribution in [3.05, 3.63) is 65.8 Å². The number of aryl methyl sites for hydroxylation is 1. The van der Waals surface area contributed by atoms with Crippen LogP contribution in [0.2, 0.25) is 0 Å². The van der Waals surface area contributed by atoms with Crippen molar-refractivity contribution in [3.63, 3.8) is 0 Å². The summed E-state index contributed by atoms with van der Waals surface area (Å²) < 4.78 is 0. The SMILES string of the molecule is CCCCCCCC=CCC=CCC=CCCc1cccc(O)c1C(=O)O. The van der Waals surface area contributed by atoms with Crippen LogP contribution in [0.15, 0.2) is 54.7 Å². The van der Waals surface area contributed by atoms with E-state index in [1.165, 1.54) is 44.6 Å². The van der Waals surface area contributed by atoms with Gasteiger partial charge in [-0.15, -0.1) is 0 Å². The number of aromatic carboxylic acids is 1. The van der Waals surface area contributed by atoms with Crippen LogP contribution in [-0.2, 0) is 6.42 Å². The van der Waals surface area contributed by atoms with E-state index in [9.17, 15) is 15.0 Å². The number of carboxylic acids is 1. The number of phenols is 1. The maximum absolute atomic E-state index is 11.2. The first-order valence-electron chi connectivity index (χ1n) is 10.2. The Morgan fingerprint density at radius 3 is 2.19 bits per heavy atom. The van der Waals surface area contributed by atoms with E-state index < -0.39 is 5.97 Å². The molecule has 0 saturated heterocycles. The fraction of sp³-hybridized carbons (Fsp3) is 0.458. The van der Waals surface area contributed by atoms with E-state index >= 15 is 0 Å². The van der Waals surface area contributed by atoms with E-state index in [0.29, 0.717) is 12.0 Å². The molecular formula is C24H34O3. The number of hydrogen-bond acceptors (Lipinski definition) is 2. The Labute approximate surface area is 164 Å². The van der Waals surface area contributed by atoms with E-state index in [0.717, 1.165) is 19.3 Å². The Balaban J connectivity index is 2.15. The Hall–Kier alpha value is -2.29. The second kappa shape index (κ2) is 14.8. The summed E-state index contributed by atoms with van der Waals surface area (Å²) in [4.78, 5) is 11.2. The van der Waals surface area contributed by atoms with Crippen LogP contribution in [0.3, 0.4) is 0 Å². The molecule has 0 radical (unpaired) electrons. The molecule has 0 aliphatic carbocycles. The van der Waals surface area contributed by atoms with Crippen LogP contribution >= 0.6 is 0 Å². The molecule has 0 heterocycles. The normalized spacial score (nSPS) is 11.9. The van der Waals surface area contributed by atoms with Gasteiger partial charge >= 0.3 is 5.97 Å². The minimum Gasteiger partial charge on any atom is -0.507 e. The zero-order chi connectivity index (χ0) is 19.7.